The van der Waals surface area contributed by atoms with Crippen molar-refractivity contribution in [3.8, 4) is 6.07 Å². The van der Waals surface area contributed by atoms with Gasteiger partial charge in [-0.2, -0.15) is 9.64 Å². The number of pyridine rings is 1. The van der Waals surface area contributed by atoms with Gasteiger partial charge in [0.05, 0.1) is 16.9 Å². The van der Waals surface area contributed by atoms with Crippen LogP contribution in [0.25, 0.3) is 10.1 Å². The van der Waals surface area contributed by atoms with E-state index in [9.17, 15) is 18.8 Å². The van der Waals surface area contributed by atoms with E-state index in [2.05, 4.69) is 25.0 Å². The number of Topliss-reactive ketones (excluding diaryl/α,β-unsaturated/α-hetero) is 1. The van der Waals surface area contributed by atoms with Crippen LogP contribution in [0.15, 0.2) is 60.8 Å². The van der Waals surface area contributed by atoms with Gasteiger partial charge in [0.1, 0.15) is 29.1 Å². The van der Waals surface area contributed by atoms with E-state index >= 15 is 0 Å². The number of benzene rings is 2. The molecule has 13 heteroatoms. The molecule has 216 valence electrons. The number of amides is 2. The van der Waals surface area contributed by atoms with Crippen LogP contribution < -0.4 is 10.6 Å². The minimum Gasteiger partial charge on any atom is -0.345 e. The van der Waals surface area contributed by atoms with Crippen LogP contribution in [0.5, 0.6) is 0 Å². The van der Waals surface area contributed by atoms with Gasteiger partial charge in [-0.25, -0.2) is 14.4 Å². The molecule has 0 unspecified atom stereocenters. The van der Waals surface area contributed by atoms with Crippen molar-refractivity contribution < 1.29 is 18.8 Å². The lowest BCUT2D eigenvalue weighted by atomic mass is 9.96. The van der Waals surface area contributed by atoms with Crippen LogP contribution in [-0.4, -0.2) is 36.5 Å². The van der Waals surface area contributed by atoms with Gasteiger partial charge in [-0.1, -0.05) is 42.8 Å². The van der Waals surface area contributed by atoms with Gasteiger partial charge < -0.3 is 15.2 Å². The Labute approximate surface area is 254 Å². The average Bonchev–Trinajstić information content (AvgIpc) is 3.58. The lowest BCUT2D eigenvalue weighted by Crippen LogP contribution is -2.28. The van der Waals surface area contributed by atoms with E-state index in [1.165, 1.54) is 42.0 Å². The summed E-state index contributed by atoms with van der Waals surface area (Å²) in [4.78, 5) is 47.9. The maximum absolute atomic E-state index is 14.3. The highest BCUT2D eigenvalue weighted by Crippen LogP contribution is 2.36. The normalized spacial score (nSPS) is 11.6. The zero-order valence-corrected chi connectivity index (χ0v) is 24.5. The molecule has 0 bridgehead atoms. The van der Waals surface area contributed by atoms with E-state index in [0.717, 1.165) is 16.2 Å². The van der Waals surface area contributed by atoms with Crippen molar-refractivity contribution in [1.82, 2.24) is 24.2 Å². The molecule has 2 N–H and O–H groups in total. The van der Waals surface area contributed by atoms with Crippen molar-refractivity contribution in [3.63, 3.8) is 0 Å². The maximum Gasteiger partial charge on any atom is 0.287 e. The van der Waals surface area contributed by atoms with Crippen LogP contribution >= 0.6 is 23.1 Å². The van der Waals surface area contributed by atoms with Crippen LogP contribution in [0, 0.1) is 17.1 Å². The number of hydrogen-bond acceptors (Lipinski definition) is 8. The Kier molecular flexibility index (Phi) is 8.56. The SMILES string of the molecule is CC(=O)Cn1c(C(=O)NCc2ccc(C#N)nc2)nc(NC(=O)c2nsc3ccccc23)c1[C@H](C)c1cc(F)ccc1Cl. The van der Waals surface area contributed by atoms with E-state index in [-0.39, 0.29) is 52.6 Å². The molecule has 0 fully saturated rings. The Balaban J connectivity index is 1.58. The van der Waals surface area contributed by atoms with Crippen molar-refractivity contribution in [3.05, 3.63) is 106 Å². The van der Waals surface area contributed by atoms with Gasteiger partial charge in [-0.15, -0.1) is 0 Å². The third kappa shape index (κ3) is 6.28. The van der Waals surface area contributed by atoms with E-state index in [4.69, 9.17) is 16.9 Å². The Hall–Kier alpha value is -4.99. The summed E-state index contributed by atoms with van der Waals surface area (Å²) >= 11 is 7.61. The molecule has 0 saturated heterocycles. The van der Waals surface area contributed by atoms with Crippen molar-refractivity contribution in [2.24, 2.45) is 0 Å². The summed E-state index contributed by atoms with van der Waals surface area (Å²) in [5.41, 5.74) is 1.68. The molecule has 3 aromatic heterocycles. The average molecular weight is 616 g/mol. The van der Waals surface area contributed by atoms with Crippen molar-refractivity contribution in [2.45, 2.75) is 32.9 Å². The molecule has 0 saturated carbocycles. The third-order valence-electron chi connectivity index (χ3n) is 6.64. The second kappa shape index (κ2) is 12.5. The Bertz CT molecular complexity index is 1910. The fourth-order valence-electron chi connectivity index (χ4n) is 4.62. The molecule has 5 rings (SSSR count). The predicted molar refractivity (Wildman–Crippen MR) is 160 cm³/mol. The van der Waals surface area contributed by atoms with E-state index < -0.39 is 23.5 Å². The number of aromatic nitrogens is 4. The number of halogens is 2. The molecule has 10 nitrogen and oxygen atoms in total. The number of carbonyl (C=O) groups is 3. The Morgan fingerprint density at radius 1 is 1.14 bits per heavy atom. The minimum absolute atomic E-state index is 0.00125. The maximum atomic E-state index is 14.3. The molecule has 3 heterocycles. The molecule has 0 aliphatic heterocycles. The molecular weight excluding hydrogens is 593 g/mol. The highest BCUT2D eigenvalue weighted by molar-refractivity contribution is 7.13. The van der Waals surface area contributed by atoms with E-state index in [1.54, 1.807) is 25.1 Å². The number of ketones is 1. The Morgan fingerprint density at radius 2 is 1.93 bits per heavy atom. The number of anilines is 1. The van der Waals surface area contributed by atoms with Gasteiger partial charge in [-0.05, 0) is 59.9 Å². The fourth-order valence-corrected chi connectivity index (χ4v) is 5.67. The fraction of sp³-hybridized carbons (Fsp3) is 0.167. The van der Waals surface area contributed by atoms with Crippen molar-refractivity contribution >= 4 is 56.6 Å². The number of nitriles is 1. The van der Waals surface area contributed by atoms with Gasteiger partial charge in [-0.3, -0.25) is 14.4 Å². The lowest BCUT2D eigenvalue weighted by molar-refractivity contribution is -0.117. The smallest absolute Gasteiger partial charge is 0.287 e. The van der Waals surface area contributed by atoms with Gasteiger partial charge in [0.2, 0.25) is 5.82 Å². The quantitative estimate of drug-likeness (QED) is 0.224. The zero-order valence-electron chi connectivity index (χ0n) is 22.9. The molecule has 0 aliphatic rings. The summed E-state index contributed by atoms with van der Waals surface area (Å²) in [6, 6.07) is 16.2. The first kappa shape index (κ1) is 29.5. The summed E-state index contributed by atoms with van der Waals surface area (Å²) in [5, 5.41) is 15.4. The number of rotatable bonds is 9. The van der Waals surface area contributed by atoms with Gasteiger partial charge >= 0.3 is 0 Å². The number of nitrogens with zero attached hydrogens (tertiary/aromatic N) is 5. The molecule has 2 aromatic carbocycles. The number of nitrogens with one attached hydrogen (secondary N) is 2. The molecule has 0 aliphatic carbocycles. The van der Waals surface area contributed by atoms with Crippen molar-refractivity contribution in [2.75, 3.05) is 5.32 Å². The third-order valence-corrected chi connectivity index (χ3v) is 7.81. The number of imidazole rings is 1. The van der Waals surface area contributed by atoms with Crippen LogP contribution in [0.4, 0.5) is 10.2 Å². The second-order valence-electron chi connectivity index (χ2n) is 9.67. The van der Waals surface area contributed by atoms with Gasteiger partial charge in [0, 0.05) is 29.1 Å². The molecule has 2 amide bonds. The van der Waals surface area contributed by atoms with Crippen LogP contribution in [0.2, 0.25) is 5.02 Å². The highest BCUT2D eigenvalue weighted by atomic mass is 35.5. The second-order valence-corrected chi connectivity index (χ2v) is 10.9. The summed E-state index contributed by atoms with van der Waals surface area (Å²) in [5.74, 6) is -2.88. The first-order chi connectivity index (χ1) is 20.7. The minimum atomic E-state index is -0.707. The zero-order chi connectivity index (χ0) is 30.7. The summed E-state index contributed by atoms with van der Waals surface area (Å²) in [6.45, 7) is 2.87. The van der Waals surface area contributed by atoms with Gasteiger partial charge in [0.15, 0.2) is 5.82 Å². The molecule has 0 radical (unpaired) electrons. The summed E-state index contributed by atoms with van der Waals surface area (Å²) < 4.78 is 20.8. The number of hydrogen-bond donors (Lipinski definition) is 2. The van der Waals surface area contributed by atoms with Gasteiger partial charge in [0.25, 0.3) is 11.8 Å². The largest absolute Gasteiger partial charge is 0.345 e. The molecule has 0 spiro atoms. The summed E-state index contributed by atoms with van der Waals surface area (Å²) in [7, 11) is 0. The van der Waals surface area contributed by atoms with E-state index in [1.807, 2.05) is 18.2 Å². The first-order valence-electron chi connectivity index (χ1n) is 13.0. The molecular formula is C30H23ClFN7O3S. The number of fused-ring (bicyclic) bond motifs is 1. The first-order valence-corrected chi connectivity index (χ1v) is 14.1. The highest BCUT2D eigenvalue weighted by Gasteiger charge is 2.30. The van der Waals surface area contributed by atoms with Crippen LogP contribution in [0.1, 0.15) is 63.4 Å². The van der Waals surface area contributed by atoms with Crippen molar-refractivity contribution in [1.29, 1.82) is 5.26 Å². The predicted octanol–water partition coefficient (Wildman–Crippen LogP) is 5.48. The van der Waals surface area contributed by atoms with Crippen LogP contribution in [-0.2, 0) is 17.9 Å². The standard InChI is InChI=1S/C30H23ClFN7O3S/c1-16(40)15-39-26(17(2)22-11-19(32)8-10-23(22)31)27(37-29(41)25-21-5-3-4-6-24(21)43-38-25)36-28(39)30(42)35-14-18-7-9-20(12-33)34-13-18/h3-11,13,17H,14-15H2,1-2H3,(H,35,42)(H,37,41)/t17-/m1/s1. The lowest BCUT2D eigenvalue weighted by Gasteiger charge is -2.19. The molecule has 1 atom stereocenters. The molecule has 5 aromatic rings. The summed E-state index contributed by atoms with van der Waals surface area (Å²) in [6.07, 6.45) is 1.46. The number of carbonyl (C=O) groups excluding carboxylic acids is 3. The van der Waals surface area contributed by atoms with Crippen LogP contribution in [0.3, 0.4) is 0 Å². The topological polar surface area (TPSA) is 143 Å². The molecule has 43 heavy (non-hydrogen) atoms. The Morgan fingerprint density at radius 3 is 2.65 bits per heavy atom. The van der Waals surface area contributed by atoms with E-state index in [0.29, 0.717) is 16.5 Å². The monoisotopic (exact) mass is 615 g/mol.